The molecule has 2 aromatic heterocycles. The van der Waals surface area contributed by atoms with Crippen molar-refractivity contribution < 1.29 is 9.90 Å². The molecule has 0 saturated heterocycles. The third-order valence-corrected chi connectivity index (χ3v) is 6.53. The molecule has 0 radical (unpaired) electrons. The molecule has 0 fully saturated rings. The van der Waals surface area contributed by atoms with Crippen molar-refractivity contribution in [3.05, 3.63) is 76.7 Å². The van der Waals surface area contributed by atoms with E-state index >= 15 is 0 Å². The number of anilines is 1. The highest BCUT2D eigenvalue weighted by atomic mass is 35.5. The summed E-state index contributed by atoms with van der Waals surface area (Å²) >= 11 is 6.50. The summed E-state index contributed by atoms with van der Waals surface area (Å²) in [6.07, 6.45) is 2.51. The van der Waals surface area contributed by atoms with E-state index in [1.165, 1.54) is 6.33 Å². The Kier molecular flexibility index (Phi) is 7.38. The highest BCUT2D eigenvalue weighted by Gasteiger charge is 2.26. The van der Waals surface area contributed by atoms with E-state index in [1.807, 2.05) is 62.4 Å². The van der Waals surface area contributed by atoms with E-state index in [9.17, 15) is 9.90 Å². The van der Waals surface area contributed by atoms with Crippen LogP contribution in [0.15, 0.2) is 54.9 Å². The average molecular weight is 487 g/mol. The van der Waals surface area contributed by atoms with E-state index in [-0.39, 0.29) is 0 Å². The Morgan fingerprint density at radius 3 is 2.63 bits per heavy atom. The number of fused-ring (bicyclic) bond motifs is 1. The third-order valence-electron chi connectivity index (χ3n) is 6.12. The summed E-state index contributed by atoms with van der Waals surface area (Å²) in [5.41, 5.74) is 5.54. The summed E-state index contributed by atoms with van der Waals surface area (Å²) in [4.78, 5) is 21.3. The SMILES string of the molecule is CC#CCn1c(CC)c(-c2cccc(Cl)c2C)c2c(N[C@H](Cc3ccccc3)C(=O)O)ncnc21. The number of halogens is 1. The van der Waals surface area contributed by atoms with Gasteiger partial charge in [0.1, 0.15) is 23.8 Å². The van der Waals surface area contributed by atoms with Gasteiger partial charge in [0.25, 0.3) is 0 Å². The van der Waals surface area contributed by atoms with E-state index in [0.717, 1.165) is 39.8 Å². The van der Waals surface area contributed by atoms with Crippen molar-refractivity contribution in [1.29, 1.82) is 0 Å². The lowest BCUT2D eigenvalue weighted by atomic mass is 9.97. The first kappa shape index (κ1) is 24.3. The second kappa shape index (κ2) is 10.6. The second-order valence-electron chi connectivity index (χ2n) is 8.25. The molecule has 4 rings (SSSR count). The van der Waals surface area contributed by atoms with Crippen LogP contribution in [0.2, 0.25) is 5.02 Å². The first-order valence-corrected chi connectivity index (χ1v) is 11.9. The van der Waals surface area contributed by atoms with Gasteiger partial charge < -0.3 is 15.0 Å². The number of hydrogen-bond donors (Lipinski definition) is 2. The second-order valence-corrected chi connectivity index (χ2v) is 8.65. The first-order valence-electron chi connectivity index (χ1n) is 11.5. The number of aliphatic carboxylic acids is 1. The van der Waals surface area contributed by atoms with E-state index in [4.69, 9.17) is 11.6 Å². The zero-order valence-electron chi connectivity index (χ0n) is 20.0. The lowest BCUT2D eigenvalue weighted by Crippen LogP contribution is -2.32. The van der Waals surface area contributed by atoms with Crippen LogP contribution in [0.25, 0.3) is 22.2 Å². The first-order chi connectivity index (χ1) is 17.0. The topological polar surface area (TPSA) is 80.0 Å². The smallest absolute Gasteiger partial charge is 0.326 e. The predicted molar refractivity (Wildman–Crippen MR) is 141 cm³/mol. The lowest BCUT2D eigenvalue weighted by molar-refractivity contribution is -0.137. The Labute approximate surface area is 210 Å². The number of hydrogen-bond acceptors (Lipinski definition) is 4. The summed E-state index contributed by atoms with van der Waals surface area (Å²) in [6.45, 7) is 6.35. The van der Waals surface area contributed by atoms with Crippen LogP contribution >= 0.6 is 11.6 Å². The zero-order chi connectivity index (χ0) is 24.9. The summed E-state index contributed by atoms with van der Waals surface area (Å²) in [5, 5.41) is 14.6. The molecule has 0 amide bonds. The molecule has 2 N–H and O–H groups in total. The van der Waals surface area contributed by atoms with Crippen LogP contribution < -0.4 is 5.32 Å². The van der Waals surface area contributed by atoms with Gasteiger partial charge in [-0.15, -0.1) is 5.92 Å². The van der Waals surface area contributed by atoms with Crippen LogP contribution in [0.5, 0.6) is 0 Å². The molecule has 0 unspecified atom stereocenters. The number of aromatic nitrogens is 3. The van der Waals surface area contributed by atoms with Crippen LogP contribution in [-0.4, -0.2) is 31.7 Å². The summed E-state index contributed by atoms with van der Waals surface area (Å²) in [6, 6.07) is 14.5. The van der Waals surface area contributed by atoms with Gasteiger partial charge in [-0.3, -0.25) is 0 Å². The Hall–Kier alpha value is -3.82. The maximum absolute atomic E-state index is 12.2. The maximum atomic E-state index is 12.2. The van der Waals surface area contributed by atoms with Gasteiger partial charge in [0.2, 0.25) is 0 Å². The molecule has 0 aliphatic heterocycles. The quantitative estimate of drug-likeness (QED) is 0.310. The van der Waals surface area contributed by atoms with Crippen molar-refractivity contribution in [2.45, 2.75) is 46.2 Å². The normalized spacial score (nSPS) is 11.7. The molecule has 4 aromatic rings. The van der Waals surface area contributed by atoms with Crippen LogP contribution in [0.3, 0.4) is 0 Å². The fourth-order valence-electron chi connectivity index (χ4n) is 4.41. The number of nitrogens with one attached hydrogen (secondary N) is 1. The maximum Gasteiger partial charge on any atom is 0.326 e. The molecule has 1 atom stereocenters. The molecule has 2 aromatic carbocycles. The number of nitrogens with zero attached hydrogens (tertiary/aromatic N) is 3. The van der Waals surface area contributed by atoms with Gasteiger partial charge in [-0.1, -0.05) is 66.9 Å². The van der Waals surface area contributed by atoms with Gasteiger partial charge in [-0.25, -0.2) is 14.8 Å². The van der Waals surface area contributed by atoms with Crippen molar-refractivity contribution in [2.24, 2.45) is 0 Å². The Bertz CT molecular complexity index is 1430. The van der Waals surface area contributed by atoms with E-state index in [1.54, 1.807) is 0 Å². The lowest BCUT2D eigenvalue weighted by Gasteiger charge is -2.17. The average Bonchev–Trinajstić information content (AvgIpc) is 3.18. The Morgan fingerprint density at radius 2 is 1.94 bits per heavy atom. The third kappa shape index (κ3) is 4.87. The summed E-state index contributed by atoms with van der Waals surface area (Å²) in [5.74, 6) is 5.63. The van der Waals surface area contributed by atoms with Gasteiger partial charge in [0.15, 0.2) is 0 Å². The molecular formula is C28H27ClN4O2. The number of carboxylic acid groups (broad SMARTS) is 1. The monoisotopic (exact) mass is 486 g/mol. The van der Waals surface area contributed by atoms with Crippen LogP contribution in [-0.2, 0) is 24.2 Å². The highest BCUT2D eigenvalue weighted by Crippen LogP contribution is 2.40. The van der Waals surface area contributed by atoms with Crippen LogP contribution in [0.1, 0.15) is 30.7 Å². The highest BCUT2D eigenvalue weighted by molar-refractivity contribution is 6.31. The predicted octanol–water partition coefficient (Wildman–Crippen LogP) is 5.75. The van der Waals surface area contributed by atoms with Crippen LogP contribution in [0, 0.1) is 18.8 Å². The van der Waals surface area contributed by atoms with E-state index < -0.39 is 12.0 Å². The van der Waals surface area contributed by atoms with Gasteiger partial charge in [-0.05, 0) is 43.0 Å². The fraction of sp³-hybridized carbons (Fsp3) is 0.250. The summed E-state index contributed by atoms with van der Waals surface area (Å²) in [7, 11) is 0. The molecule has 0 aliphatic rings. The van der Waals surface area contributed by atoms with Gasteiger partial charge in [-0.2, -0.15) is 0 Å². The molecule has 178 valence electrons. The van der Waals surface area contributed by atoms with Gasteiger partial charge in [0, 0.05) is 22.7 Å². The molecular weight excluding hydrogens is 460 g/mol. The minimum Gasteiger partial charge on any atom is -0.480 e. The molecule has 2 heterocycles. The van der Waals surface area contributed by atoms with Crippen molar-refractivity contribution in [2.75, 3.05) is 5.32 Å². The summed E-state index contributed by atoms with van der Waals surface area (Å²) < 4.78 is 2.08. The number of rotatable bonds is 8. The molecule has 0 spiro atoms. The number of benzene rings is 2. The molecule has 0 saturated carbocycles. The number of carboxylic acids is 1. The minimum atomic E-state index is -0.951. The van der Waals surface area contributed by atoms with E-state index in [2.05, 4.69) is 38.6 Å². The molecule has 6 nitrogen and oxygen atoms in total. The van der Waals surface area contributed by atoms with E-state index in [0.29, 0.717) is 29.5 Å². The molecule has 0 bridgehead atoms. The Balaban J connectivity index is 1.94. The zero-order valence-corrected chi connectivity index (χ0v) is 20.7. The standard InChI is InChI=1S/C28H27ClN4O2/c1-4-6-15-33-23(5-2)24(20-13-10-14-21(29)18(20)3)25-26(30-17-31-27(25)33)32-22(28(34)35)16-19-11-8-7-9-12-19/h7-14,17,22H,5,15-16H2,1-3H3,(H,34,35)(H,30,31,32)/t22-/m1/s1. The van der Waals surface area contributed by atoms with Crippen molar-refractivity contribution >= 4 is 34.4 Å². The minimum absolute atomic E-state index is 0.315. The molecule has 35 heavy (non-hydrogen) atoms. The fourth-order valence-corrected chi connectivity index (χ4v) is 4.58. The Morgan fingerprint density at radius 1 is 1.17 bits per heavy atom. The van der Waals surface area contributed by atoms with Crippen LogP contribution in [0.4, 0.5) is 5.82 Å². The van der Waals surface area contributed by atoms with Crippen molar-refractivity contribution in [3.8, 4) is 23.0 Å². The molecule has 0 aliphatic carbocycles. The van der Waals surface area contributed by atoms with Gasteiger partial charge >= 0.3 is 5.97 Å². The molecule has 7 heteroatoms. The van der Waals surface area contributed by atoms with Crippen molar-refractivity contribution in [3.63, 3.8) is 0 Å². The van der Waals surface area contributed by atoms with Crippen molar-refractivity contribution in [1.82, 2.24) is 14.5 Å². The number of carbonyl (C=O) groups is 1. The van der Waals surface area contributed by atoms with Gasteiger partial charge in [0.05, 0.1) is 11.9 Å². The largest absolute Gasteiger partial charge is 0.480 e.